The van der Waals surface area contributed by atoms with Crippen LogP contribution in [0.5, 0.6) is 0 Å². The van der Waals surface area contributed by atoms with Gasteiger partial charge < -0.3 is 4.57 Å². The van der Waals surface area contributed by atoms with Crippen molar-refractivity contribution in [3.05, 3.63) is 145 Å². The van der Waals surface area contributed by atoms with Crippen molar-refractivity contribution in [2.45, 2.75) is 51.4 Å². The molecule has 4 heteroatoms. The van der Waals surface area contributed by atoms with Gasteiger partial charge in [0.2, 0.25) is 0 Å². The quantitative estimate of drug-likeness (QED) is 0.193. The van der Waals surface area contributed by atoms with Crippen LogP contribution in [-0.4, -0.2) is 19.5 Å². The van der Waals surface area contributed by atoms with Gasteiger partial charge in [0.25, 0.3) is 0 Å². The van der Waals surface area contributed by atoms with E-state index in [4.69, 9.17) is 15.0 Å². The molecule has 0 aliphatic heterocycles. The Morgan fingerprint density at radius 2 is 1.10 bits per heavy atom. The van der Waals surface area contributed by atoms with Crippen LogP contribution in [-0.2, 0) is 10.8 Å². The van der Waals surface area contributed by atoms with Crippen LogP contribution in [0.3, 0.4) is 0 Å². The van der Waals surface area contributed by atoms with E-state index >= 15 is 0 Å². The molecule has 1 aliphatic carbocycles. The van der Waals surface area contributed by atoms with E-state index < -0.39 is 0 Å². The molecule has 0 radical (unpaired) electrons. The summed E-state index contributed by atoms with van der Waals surface area (Å²) in [6.45, 7) is 9.67. The molecule has 0 amide bonds. The second-order valence-electron chi connectivity index (χ2n) is 14.8. The van der Waals surface area contributed by atoms with Crippen molar-refractivity contribution in [2.24, 2.45) is 0 Å². The lowest BCUT2D eigenvalue weighted by Gasteiger charge is -2.42. The highest BCUT2D eigenvalue weighted by Crippen LogP contribution is 2.51. The first-order valence-electron chi connectivity index (χ1n) is 17.3. The van der Waals surface area contributed by atoms with Gasteiger partial charge in [-0.3, -0.25) is 0 Å². The maximum Gasteiger partial charge on any atom is 0.164 e. The lowest BCUT2D eigenvalue weighted by molar-refractivity contribution is 0.334. The maximum atomic E-state index is 5.07. The van der Waals surface area contributed by atoms with Crippen molar-refractivity contribution in [1.82, 2.24) is 19.5 Å². The first-order valence-corrected chi connectivity index (χ1v) is 17.3. The minimum Gasteiger partial charge on any atom is -0.309 e. The van der Waals surface area contributed by atoms with Gasteiger partial charge in [-0.05, 0) is 63.8 Å². The molecule has 238 valence electrons. The highest BCUT2D eigenvalue weighted by Gasteiger charge is 2.39. The molecule has 0 atom stereocenters. The molecule has 0 bridgehead atoms. The van der Waals surface area contributed by atoms with E-state index in [-0.39, 0.29) is 10.8 Å². The molecular formula is C45H38N4. The molecule has 2 aromatic heterocycles. The van der Waals surface area contributed by atoms with Crippen molar-refractivity contribution < 1.29 is 0 Å². The summed E-state index contributed by atoms with van der Waals surface area (Å²) in [6, 6.07) is 47.3. The monoisotopic (exact) mass is 634 g/mol. The first kappa shape index (κ1) is 29.5. The molecule has 49 heavy (non-hydrogen) atoms. The van der Waals surface area contributed by atoms with Gasteiger partial charge in [0.15, 0.2) is 17.5 Å². The number of benzene rings is 6. The Morgan fingerprint density at radius 3 is 1.80 bits per heavy atom. The van der Waals surface area contributed by atoms with Gasteiger partial charge in [-0.1, -0.05) is 143 Å². The molecule has 0 unspecified atom stereocenters. The summed E-state index contributed by atoms with van der Waals surface area (Å²) < 4.78 is 2.51. The molecular weight excluding hydrogens is 597 g/mol. The highest BCUT2D eigenvalue weighted by atomic mass is 15.0. The standard InChI is InChI=1S/C45H38N4/c1-44(2)26-27-45(3,4)39-36(44)24-23-35-38-34-21-12-11-14-29(34)22-25-37(38)49(40(35)39)33-20-13-19-32(28-33)43-47-41(30-15-7-5-8-16-30)46-42(48-43)31-17-9-6-10-18-31/h5-25,28H,26-27H2,1-4H3. The lowest BCUT2D eigenvalue weighted by atomic mass is 9.62. The molecule has 4 nitrogen and oxygen atoms in total. The van der Waals surface area contributed by atoms with Gasteiger partial charge in [-0.25, -0.2) is 15.0 Å². The van der Waals surface area contributed by atoms with Gasteiger partial charge in [0, 0.05) is 33.2 Å². The third-order valence-corrected chi connectivity index (χ3v) is 10.7. The summed E-state index contributed by atoms with van der Waals surface area (Å²) in [4.78, 5) is 15.1. The van der Waals surface area contributed by atoms with E-state index in [1.807, 2.05) is 36.4 Å². The molecule has 0 N–H and O–H groups in total. The predicted molar refractivity (Wildman–Crippen MR) is 203 cm³/mol. The average Bonchev–Trinajstić information content (AvgIpc) is 3.49. The minimum absolute atomic E-state index is 0.0211. The zero-order valence-corrected chi connectivity index (χ0v) is 28.4. The third-order valence-electron chi connectivity index (χ3n) is 10.7. The summed E-state index contributed by atoms with van der Waals surface area (Å²) >= 11 is 0. The van der Waals surface area contributed by atoms with Gasteiger partial charge in [-0.15, -0.1) is 0 Å². The van der Waals surface area contributed by atoms with Gasteiger partial charge >= 0.3 is 0 Å². The molecule has 2 heterocycles. The normalized spacial score (nSPS) is 15.1. The fraction of sp³-hybridized carbons (Fsp3) is 0.178. The van der Waals surface area contributed by atoms with Crippen LogP contribution in [0, 0.1) is 0 Å². The molecule has 0 fully saturated rings. The Hall–Kier alpha value is -5.61. The summed E-state index contributed by atoms with van der Waals surface area (Å²) in [5.41, 5.74) is 9.54. The number of hydrogen-bond acceptors (Lipinski definition) is 3. The van der Waals surface area contributed by atoms with Crippen LogP contribution in [0.2, 0.25) is 0 Å². The van der Waals surface area contributed by atoms with E-state index in [1.165, 1.54) is 50.1 Å². The fourth-order valence-corrected chi connectivity index (χ4v) is 8.00. The molecule has 9 rings (SSSR count). The van der Waals surface area contributed by atoms with Crippen LogP contribution in [0.25, 0.3) is 72.4 Å². The second kappa shape index (κ2) is 11.0. The Bertz CT molecular complexity index is 2480. The van der Waals surface area contributed by atoms with E-state index in [0.717, 1.165) is 28.8 Å². The second-order valence-corrected chi connectivity index (χ2v) is 14.8. The SMILES string of the molecule is CC1(C)CCC(C)(C)c2c1ccc1c3c4ccccc4ccc3n(-c3cccc(-c4nc(-c5ccccc5)nc(-c5ccccc5)n4)c3)c21. The van der Waals surface area contributed by atoms with Crippen molar-refractivity contribution >= 4 is 32.6 Å². The highest BCUT2D eigenvalue weighted by molar-refractivity contribution is 6.22. The average molecular weight is 635 g/mol. The minimum atomic E-state index is 0.0211. The van der Waals surface area contributed by atoms with E-state index in [0.29, 0.717) is 17.5 Å². The predicted octanol–water partition coefficient (Wildman–Crippen LogP) is 11.5. The summed E-state index contributed by atoms with van der Waals surface area (Å²) in [6.07, 6.45) is 2.31. The maximum absolute atomic E-state index is 5.07. The molecule has 8 aromatic rings. The molecule has 0 spiro atoms. The lowest BCUT2D eigenvalue weighted by Crippen LogP contribution is -2.34. The number of rotatable bonds is 4. The van der Waals surface area contributed by atoms with Crippen LogP contribution in [0.15, 0.2) is 133 Å². The Balaban J connectivity index is 1.34. The fourth-order valence-electron chi connectivity index (χ4n) is 8.00. The zero-order valence-electron chi connectivity index (χ0n) is 28.4. The van der Waals surface area contributed by atoms with Crippen molar-refractivity contribution in [2.75, 3.05) is 0 Å². The third kappa shape index (κ3) is 4.77. The Kier molecular flexibility index (Phi) is 6.61. The Labute approximate surface area is 287 Å². The smallest absolute Gasteiger partial charge is 0.164 e. The Morgan fingerprint density at radius 1 is 0.510 bits per heavy atom. The molecule has 0 saturated heterocycles. The van der Waals surface area contributed by atoms with E-state index in [1.54, 1.807) is 0 Å². The summed E-state index contributed by atoms with van der Waals surface area (Å²) in [7, 11) is 0. The number of hydrogen-bond donors (Lipinski definition) is 0. The first-order chi connectivity index (χ1) is 23.8. The number of aromatic nitrogens is 4. The molecule has 0 saturated carbocycles. The van der Waals surface area contributed by atoms with Crippen molar-refractivity contribution in [3.8, 4) is 39.9 Å². The largest absolute Gasteiger partial charge is 0.309 e. The van der Waals surface area contributed by atoms with E-state index in [2.05, 4.69) is 129 Å². The topological polar surface area (TPSA) is 43.6 Å². The number of fused-ring (bicyclic) bond motifs is 7. The molecule has 1 aliphatic rings. The summed E-state index contributed by atoms with van der Waals surface area (Å²) in [5.74, 6) is 1.98. The van der Waals surface area contributed by atoms with Crippen molar-refractivity contribution in [3.63, 3.8) is 0 Å². The van der Waals surface area contributed by atoms with Crippen LogP contribution in [0.4, 0.5) is 0 Å². The molecule has 6 aromatic carbocycles. The summed E-state index contributed by atoms with van der Waals surface area (Å²) in [5, 5.41) is 5.15. The van der Waals surface area contributed by atoms with Crippen molar-refractivity contribution in [1.29, 1.82) is 0 Å². The van der Waals surface area contributed by atoms with Gasteiger partial charge in [0.05, 0.1) is 11.0 Å². The van der Waals surface area contributed by atoms with Crippen LogP contribution < -0.4 is 0 Å². The van der Waals surface area contributed by atoms with Gasteiger partial charge in [-0.2, -0.15) is 0 Å². The van der Waals surface area contributed by atoms with E-state index in [9.17, 15) is 0 Å². The number of nitrogens with zero attached hydrogens (tertiary/aromatic N) is 4. The zero-order chi connectivity index (χ0) is 33.3. The van der Waals surface area contributed by atoms with Crippen LogP contribution >= 0.6 is 0 Å². The van der Waals surface area contributed by atoms with Crippen LogP contribution in [0.1, 0.15) is 51.7 Å². The van der Waals surface area contributed by atoms with Gasteiger partial charge in [0.1, 0.15) is 0 Å².